The van der Waals surface area contributed by atoms with Crippen LogP contribution in [-0.4, -0.2) is 33.7 Å². The summed E-state index contributed by atoms with van der Waals surface area (Å²) < 4.78 is 1.89. The van der Waals surface area contributed by atoms with Crippen LogP contribution in [0.5, 0.6) is 0 Å². The fourth-order valence-corrected chi connectivity index (χ4v) is 3.15. The average Bonchev–Trinajstić information content (AvgIpc) is 3.00. The summed E-state index contributed by atoms with van der Waals surface area (Å²) in [6.07, 6.45) is 5.69. The maximum atomic E-state index is 6.00. The molecule has 0 atom stereocenters. The quantitative estimate of drug-likeness (QED) is 0.786. The summed E-state index contributed by atoms with van der Waals surface area (Å²) in [7, 11) is 0. The van der Waals surface area contributed by atoms with E-state index in [1.807, 2.05) is 35.0 Å². The summed E-state index contributed by atoms with van der Waals surface area (Å²) in [5.74, 6) is 0.979. The summed E-state index contributed by atoms with van der Waals surface area (Å²) in [6.45, 7) is 1.88. The van der Waals surface area contributed by atoms with Gasteiger partial charge in [-0.15, -0.1) is 0 Å². The van der Waals surface area contributed by atoms with Crippen molar-refractivity contribution in [1.29, 1.82) is 0 Å². The molecule has 1 aromatic carbocycles. The molecule has 2 aromatic heterocycles. The van der Waals surface area contributed by atoms with Crippen LogP contribution < -0.4 is 10.6 Å². The normalized spacial score (nSPS) is 16.2. The molecule has 1 saturated heterocycles. The summed E-state index contributed by atoms with van der Waals surface area (Å²) in [4.78, 5) is 6.88. The van der Waals surface area contributed by atoms with Crippen LogP contribution in [0.15, 0.2) is 42.7 Å². The standard InChI is InChI=1S/C17H18ClN5/c18-13-3-1-12(2-4-13)15-11-16-17(20-7-10-23(16)21-15)22-8-5-14(19)6-9-22/h1-4,7,10-11,14H,5-6,8-9,19H2. The first-order valence-corrected chi connectivity index (χ1v) is 8.19. The van der Waals surface area contributed by atoms with Crippen LogP contribution >= 0.6 is 11.6 Å². The molecule has 5 nitrogen and oxygen atoms in total. The van der Waals surface area contributed by atoms with Gasteiger partial charge in [0.1, 0.15) is 5.52 Å². The lowest BCUT2D eigenvalue weighted by Crippen LogP contribution is -2.40. The second kappa shape index (κ2) is 5.83. The summed E-state index contributed by atoms with van der Waals surface area (Å²) >= 11 is 5.96. The first-order chi connectivity index (χ1) is 11.2. The second-order valence-electron chi connectivity index (χ2n) is 5.94. The topological polar surface area (TPSA) is 59.5 Å². The minimum absolute atomic E-state index is 0.306. The van der Waals surface area contributed by atoms with E-state index in [2.05, 4.69) is 21.0 Å². The van der Waals surface area contributed by atoms with Crippen molar-refractivity contribution in [3.8, 4) is 11.3 Å². The number of anilines is 1. The van der Waals surface area contributed by atoms with Crippen molar-refractivity contribution in [1.82, 2.24) is 14.6 Å². The number of piperidine rings is 1. The zero-order chi connectivity index (χ0) is 15.8. The van der Waals surface area contributed by atoms with E-state index >= 15 is 0 Å². The Bertz CT molecular complexity index is 819. The maximum absolute atomic E-state index is 6.00. The minimum Gasteiger partial charge on any atom is -0.355 e. The lowest BCUT2D eigenvalue weighted by molar-refractivity contribution is 0.499. The SMILES string of the molecule is NC1CCN(c2nccn3nc(-c4ccc(Cl)cc4)cc23)CC1. The molecule has 1 aliphatic heterocycles. The van der Waals surface area contributed by atoms with E-state index in [9.17, 15) is 0 Å². The highest BCUT2D eigenvalue weighted by molar-refractivity contribution is 6.30. The van der Waals surface area contributed by atoms with Crippen LogP contribution in [0.3, 0.4) is 0 Å². The predicted octanol–water partition coefficient (Wildman–Crippen LogP) is 2.98. The van der Waals surface area contributed by atoms with Gasteiger partial charge >= 0.3 is 0 Å². The lowest BCUT2D eigenvalue weighted by atomic mass is 10.1. The third-order valence-electron chi connectivity index (χ3n) is 4.35. The highest BCUT2D eigenvalue weighted by atomic mass is 35.5. The number of fused-ring (bicyclic) bond motifs is 1. The smallest absolute Gasteiger partial charge is 0.154 e. The zero-order valence-electron chi connectivity index (χ0n) is 12.7. The predicted molar refractivity (Wildman–Crippen MR) is 92.9 cm³/mol. The average molecular weight is 328 g/mol. The lowest BCUT2D eigenvalue weighted by Gasteiger charge is -2.31. The Balaban J connectivity index is 1.74. The van der Waals surface area contributed by atoms with Crippen molar-refractivity contribution >= 4 is 22.9 Å². The maximum Gasteiger partial charge on any atom is 0.154 e. The van der Waals surface area contributed by atoms with Gasteiger partial charge in [-0.3, -0.25) is 0 Å². The summed E-state index contributed by atoms with van der Waals surface area (Å²) in [5.41, 5.74) is 8.99. The van der Waals surface area contributed by atoms with Gasteiger partial charge in [0.05, 0.1) is 5.69 Å². The molecule has 0 saturated carbocycles. The number of rotatable bonds is 2. The third-order valence-corrected chi connectivity index (χ3v) is 4.60. The van der Waals surface area contributed by atoms with Crippen LogP contribution in [0, 0.1) is 0 Å². The molecule has 23 heavy (non-hydrogen) atoms. The van der Waals surface area contributed by atoms with Crippen molar-refractivity contribution in [3.05, 3.63) is 47.7 Å². The van der Waals surface area contributed by atoms with Gasteiger partial charge in [-0.2, -0.15) is 5.10 Å². The highest BCUT2D eigenvalue weighted by Crippen LogP contribution is 2.27. The van der Waals surface area contributed by atoms with Gasteiger partial charge in [-0.05, 0) is 31.0 Å². The monoisotopic (exact) mass is 327 g/mol. The number of halogens is 1. The van der Waals surface area contributed by atoms with Crippen molar-refractivity contribution < 1.29 is 0 Å². The van der Waals surface area contributed by atoms with Crippen LogP contribution in [0.1, 0.15) is 12.8 Å². The van der Waals surface area contributed by atoms with Crippen LogP contribution in [-0.2, 0) is 0 Å². The molecule has 0 spiro atoms. The number of aromatic nitrogens is 3. The Morgan fingerprint density at radius 3 is 2.61 bits per heavy atom. The molecule has 0 bridgehead atoms. The van der Waals surface area contributed by atoms with Crippen molar-refractivity contribution in [2.24, 2.45) is 5.73 Å². The molecule has 0 amide bonds. The molecular formula is C17H18ClN5. The Morgan fingerprint density at radius 1 is 1.13 bits per heavy atom. The van der Waals surface area contributed by atoms with Crippen molar-refractivity contribution in [2.45, 2.75) is 18.9 Å². The highest BCUT2D eigenvalue weighted by Gasteiger charge is 2.20. The second-order valence-corrected chi connectivity index (χ2v) is 6.38. The molecular weight excluding hydrogens is 310 g/mol. The van der Waals surface area contributed by atoms with Gasteiger partial charge < -0.3 is 10.6 Å². The number of nitrogens with zero attached hydrogens (tertiary/aromatic N) is 4. The van der Waals surface area contributed by atoms with Crippen molar-refractivity contribution in [2.75, 3.05) is 18.0 Å². The third kappa shape index (κ3) is 2.78. The van der Waals surface area contributed by atoms with Gasteiger partial charge in [0.25, 0.3) is 0 Å². The van der Waals surface area contributed by atoms with Gasteiger partial charge in [-0.25, -0.2) is 9.50 Å². The van der Waals surface area contributed by atoms with Gasteiger partial charge in [-0.1, -0.05) is 23.7 Å². The first-order valence-electron chi connectivity index (χ1n) is 7.81. The molecule has 118 valence electrons. The van der Waals surface area contributed by atoms with Gasteiger partial charge in [0, 0.05) is 42.1 Å². The fraction of sp³-hybridized carbons (Fsp3) is 0.294. The van der Waals surface area contributed by atoms with Crippen molar-refractivity contribution in [3.63, 3.8) is 0 Å². The molecule has 3 aromatic rings. The molecule has 1 aliphatic rings. The molecule has 0 unspecified atom stereocenters. The van der Waals surface area contributed by atoms with E-state index in [0.29, 0.717) is 6.04 Å². The van der Waals surface area contributed by atoms with E-state index in [1.165, 1.54) is 0 Å². The largest absolute Gasteiger partial charge is 0.355 e. The summed E-state index contributed by atoms with van der Waals surface area (Å²) in [5, 5.41) is 5.39. The molecule has 4 rings (SSSR count). The number of nitrogens with two attached hydrogens (primary N) is 1. The van der Waals surface area contributed by atoms with Crippen LogP contribution in [0.4, 0.5) is 5.82 Å². The molecule has 2 N–H and O–H groups in total. The molecule has 0 aliphatic carbocycles. The van der Waals surface area contributed by atoms with E-state index in [0.717, 1.165) is 53.5 Å². The molecule has 1 fully saturated rings. The Labute approximate surface area is 139 Å². The van der Waals surface area contributed by atoms with E-state index < -0.39 is 0 Å². The Hall–Kier alpha value is -2.11. The number of hydrogen-bond donors (Lipinski definition) is 1. The van der Waals surface area contributed by atoms with E-state index in [-0.39, 0.29) is 0 Å². The fourth-order valence-electron chi connectivity index (χ4n) is 3.02. The van der Waals surface area contributed by atoms with E-state index in [4.69, 9.17) is 17.3 Å². The molecule has 0 radical (unpaired) electrons. The van der Waals surface area contributed by atoms with E-state index in [1.54, 1.807) is 6.20 Å². The Morgan fingerprint density at radius 2 is 1.87 bits per heavy atom. The number of hydrogen-bond acceptors (Lipinski definition) is 4. The summed E-state index contributed by atoms with van der Waals surface area (Å²) in [6, 6.07) is 10.1. The minimum atomic E-state index is 0.306. The Kier molecular flexibility index (Phi) is 3.67. The van der Waals surface area contributed by atoms with Crippen LogP contribution in [0.25, 0.3) is 16.8 Å². The molecule has 3 heterocycles. The number of benzene rings is 1. The zero-order valence-corrected chi connectivity index (χ0v) is 13.4. The first kappa shape index (κ1) is 14.5. The van der Waals surface area contributed by atoms with Crippen LogP contribution in [0.2, 0.25) is 5.02 Å². The van der Waals surface area contributed by atoms with Gasteiger partial charge in [0.15, 0.2) is 5.82 Å². The molecule has 6 heteroatoms. The van der Waals surface area contributed by atoms with Gasteiger partial charge in [0.2, 0.25) is 0 Å².